The Hall–Kier alpha value is 0.710. The Bertz CT molecular complexity index is 791. The second-order valence-corrected chi connectivity index (χ2v) is 19.3. The van der Waals surface area contributed by atoms with Gasteiger partial charge in [0.05, 0.1) is 32.8 Å². The summed E-state index contributed by atoms with van der Waals surface area (Å²) in [6, 6.07) is 0. The lowest BCUT2D eigenvalue weighted by molar-refractivity contribution is -0.142. The highest BCUT2D eigenvalue weighted by molar-refractivity contribution is 9.09. The first kappa shape index (κ1) is 34.7. The maximum Gasteiger partial charge on any atom is 0.306 e. The Kier molecular flexibility index (Phi) is 17.6. The summed E-state index contributed by atoms with van der Waals surface area (Å²) in [5.74, 6) is -0.478. The highest BCUT2D eigenvalue weighted by Gasteiger charge is 2.35. The molecule has 0 saturated carbocycles. The van der Waals surface area contributed by atoms with E-state index in [0.29, 0.717) is 5.33 Å². The minimum atomic E-state index is -3.44. The number of hydrogen-bond acceptors (Lipinski definition) is 9. The molecule has 0 heterocycles. The maximum absolute atomic E-state index is 13.5. The van der Waals surface area contributed by atoms with Crippen molar-refractivity contribution in [2.24, 2.45) is 0 Å². The third-order valence-electron chi connectivity index (χ3n) is 4.84. The molecule has 1 N–H and O–H groups in total. The Morgan fingerprint density at radius 2 is 1.03 bits per heavy atom. The predicted molar refractivity (Wildman–Crippen MR) is 142 cm³/mol. The fourth-order valence-electron chi connectivity index (χ4n) is 3.09. The van der Waals surface area contributed by atoms with Crippen LogP contribution in [0.25, 0.3) is 0 Å². The third kappa shape index (κ3) is 15.1. The second-order valence-electron chi connectivity index (χ2n) is 7.58. The molecule has 0 radical (unpaired) electrons. The number of alkyl halides is 1. The topological polar surface area (TPSA) is 142 Å². The van der Waals surface area contributed by atoms with Crippen molar-refractivity contribution in [1.82, 2.24) is 0 Å². The molecule has 0 aromatic rings. The molecule has 0 aliphatic carbocycles. The zero-order valence-electron chi connectivity index (χ0n) is 20.7. The summed E-state index contributed by atoms with van der Waals surface area (Å²) in [5, 5.41) is 0.356. The van der Waals surface area contributed by atoms with Crippen molar-refractivity contribution < 1.29 is 46.3 Å². The van der Waals surface area contributed by atoms with E-state index in [-0.39, 0.29) is 82.1 Å². The van der Waals surface area contributed by atoms with E-state index in [1.54, 1.807) is 27.7 Å². The normalized spacial score (nSPS) is 18.9. The number of hydrogen-bond donors (Lipinski definition) is 1. The van der Waals surface area contributed by atoms with Gasteiger partial charge in [-0.25, -0.2) is 0 Å². The summed E-state index contributed by atoms with van der Waals surface area (Å²) in [5.41, 5.74) is 0. The Labute approximate surface area is 212 Å². The average molecular weight is 633 g/mol. The van der Waals surface area contributed by atoms with Crippen LogP contribution in [-0.4, -0.2) is 91.9 Å². The number of halogens is 1. The average Bonchev–Trinajstić information content (AvgIpc) is 2.75. The summed E-state index contributed by atoms with van der Waals surface area (Å²) >= 11 is 3.14. The highest BCUT2D eigenvalue weighted by Crippen LogP contribution is 2.58. The summed E-state index contributed by atoms with van der Waals surface area (Å²) in [6.45, 7) is 7.42. The molecule has 0 rings (SSSR count). The van der Waals surface area contributed by atoms with Gasteiger partial charge >= 0.3 is 5.97 Å². The monoisotopic (exact) mass is 632 g/mol. The smallest absolute Gasteiger partial charge is 0.306 e. The van der Waals surface area contributed by atoms with Gasteiger partial charge in [0.1, 0.15) is 0 Å². The van der Waals surface area contributed by atoms with Crippen LogP contribution in [0.4, 0.5) is 0 Å². The van der Waals surface area contributed by atoms with Gasteiger partial charge in [0, 0.05) is 54.6 Å². The van der Waals surface area contributed by atoms with Gasteiger partial charge in [-0.15, -0.1) is 0 Å². The third-order valence-corrected chi connectivity index (χ3v) is 16.4. The van der Waals surface area contributed by atoms with E-state index < -0.39 is 35.4 Å². The van der Waals surface area contributed by atoms with Gasteiger partial charge in [0.15, 0.2) is 0 Å². The van der Waals surface area contributed by atoms with Crippen LogP contribution >= 0.6 is 45.4 Å². The molecule has 0 aromatic carbocycles. The zero-order chi connectivity index (χ0) is 26.3. The predicted octanol–water partition coefficient (Wildman–Crippen LogP) is 5.55. The fraction of sp³-hybridized carbons (Fsp3) is 0.947. The van der Waals surface area contributed by atoms with Crippen LogP contribution in [0.3, 0.4) is 0 Å². The first-order valence-electron chi connectivity index (χ1n) is 11.5. The van der Waals surface area contributed by atoms with Crippen LogP contribution in [0.2, 0.25) is 0 Å². The van der Waals surface area contributed by atoms with Gasteiger partial charge in [-0.1, -0.05) is 15.9 Å². The van der Waals surface area contributed by atoms with E-state index in [9.17, 15) is 27.9 Å². The lowest BCUT2D eigenvalue weighted by atomic mass is 10.5. The quantitative estimate of drug-likeness (QED) is 0.0972. The van der Waals surface area contributed by atoms with Gasteiger partial charge in [0.2, 0.25) is 29.5 Å². The molecule has 15 heteroatoms. The van der Waals surface area contributed by atoms with Crippen molar-refractivity contribution in [2.45, 2.75) is 34.1 Å². The Morgan fingerprint density at radius 1 is 0.647 bits per heavy atom. The van der Waals surface area contributed by atoms with Crippen LogP contribution in [0.15, 0.2) is 0 Å². The standard InChI is InChI=1S/C19H41BrO10P4/c1-5-27-19(21)9-11-32(24,28-6-2)15-16-34(26,30-8-4)18-17-33(25,29-7-3)14-13-31(22,23)12-10-20/h5-18H2,1-4H3,(H,22,23). The van der Waals surface area contributed by atoms with Gasteiger partial charge in [-0.3, -0.25) is 23.1 Å². The fourth-order valence-corrected chi connectivity index (χ4v) is 16.0. The molecule has 0 fully saturated rings. The molecule has 0 aliphatic rings. The molecular formula is C19H41BrO10P4. The first-order chi connectivity index (χ1) is 15.8. The highest BCUT2D eigenvalue weighted by atomic mass is 79.9. The maximum atomic E-state index is 13.5. The lowest BCUT2D eigenvalue weighted by Gasteiger charge is -2.24. The van der Waals surface area contributed by atoms with Crippen LogP contribution in [0.1, 0.15) is 34.1 Å². The van der Waals surface area contributed by atoms with Crippen LogP contribution in [0.5, 0.6) is 0 Å². The van der Waals surface area contributed by atoms with Crippen LogP contribution in [0, 0.1) is 0 Å². The molecule has 10 nitrogen and oxygen atoms in total. The van der Waals surface area contributed by atoms with E-state index >= 15 is 0 Å². The van der Waals surface area contributed by atoms with Gasteiger partial charge < -0.3 is 23.2 Å². The van der Waals surface area contributed by atoms with Crippen molar-refractivity contribution in [1.29, 1.82) is 0 Å². The van der Waals surface area contributed by atoms with E-state index in [4.69, 9.17) is 18.3 Å². The molecular weight excluding hydrogens is 592 g/mol. The van der Waals surface area contributed by atoms with E-state index in [1.165, 1.54) is 0 Å². The molecule has 0 saturated heterocycles. The van der Waals surface area contributed by atoms with E-state index in [2.05, 4.69) is 15.9 Å². The number of rotatable bonds is 21. The van der Waals surface area contributed by atoms with E-state index in [1.807, 2.05) is 0 Å². The van der Waals surface area contributed by atoms with Gasteiger partial charge in [-0.2, -0.15) is 0 Å². The van der Waals surface area contributed by atoms with Crippen molar-refractivity contribution in [3.63, 3.8) is 0 Å². The SMILES string of the molecule is CCOC(=O)CCP(=O)(CCP(=O)(CCP(=O)(CCP(=O)(O)CCBr)OCC)OCC)OCC. The molecule has 4 unspecified atom stereocenters. The van der Waals surface area contributed by atoms with Crippen LogP contribution in [-0.2, 0) is 41.4 Å². The second kappa shape index (κ2) is 17.3. The number of carbonyl (C=O) groups excluding carboxylic acids is 1. The summed E-state index contributed by atoms with van der Waals surface area (Å²) in [7, 11) is -13.4. The minimum Gasteiger partial charge on any atom is -0.466 e. The minimum absolute atomic E-state index is 0.0252. The number of ether oxygens (including phenoxy) is 1. The first-order valence-corrected chi connectivity index (χ1v) is 20.7. The molecule has 34 heavy (non-hydrogen) atoms. The molecule has 0 aliphatic heterocycles. The molecule has 4 atom stereocenters. The molecule has 204 valence electrons. The molecule has 0 spiro atoms. The summed E-state index contributed by atoms with van der Waals surface area (Å²) in [4.78, 5) is 21.7. The summed E-state index contributed by atoms with van der Waals surface area (Å²) in [6.07, 6.45) is -0.531. The molecule has 0 bridgehead atoms. The lowest BCUT2D eigenvalue weighted by Crippen LogP contribution is -2.14. The summed E-state index contributed by atoms with van der Waals surface area (Å²) < 4.78 is 73.5. The van der Waals surface area contributed by atoms with Crippen molar-refractivity contribution in [3.8, 4) is 0 Å². The van der Waals surface area contributed by atoms with Crippen molar-refractivity contribution in [3.05, 3.63) is 0 Å². The van der Waals surface area contributed by atoms with Crippen molar-refractivity contribution >= 4 is 51.4 Å². The van der Waals surface area contributed by atoms with Crippen LogP contribution < -0.4 is 0 Å². The Balaban J connectivity index is 5.31. The number of carbonyl (C=O) groups is 1. The largest absolute Gasteiger partial charge is 0.466 e. The van der Waals surface area contributed by atoms with Gasteiger partial charge in [0.25, 0.3) is 0 Å². The van der Waals surface area contributed by atoms with Gasteiger partial charge in [-0.05, 0) is 27.7 Å². The van der Waals surface area contributed by atoms with Crippen molar-refractivity contribution in [2.75, 3.05) is 81.1 Å². The number of esters is 1. The van der Waals surface area contributed by atoms with E-state index in [0.717, 1.165) is 0 Å². The Morgan fingerprint density at radius 3 is 1.38 bits per heavy atom. The molecule has 0 aromatic heterocycles. The zero-order valence-corrected chi connectivity index (χ0v) is 25.9. The molecule has 0 amide bonds.